The fraction of sp³-hybridized carbons (Fsp3) is 0. The number of hydrogen-bond donors (Lipinski definition) is 3. The van der Waals surface area contributed by atoms with Crippen molar-refractivity contribution in [3.63, 3.8) is 0 Å². The largest absolute Gasteiger partial charge is 0.631 e. The molecule has 0 aromatic rings. The minimum absolute atomic E-state index is 0. The van der Waals surface area contributed by atoms with Crippen LogP contribution in [0.2, 0.25) is 0 Å². The molecule has 0 aromatic carbocycles. The van der Waals surface area contributed by atoms with Crippen LogP contribution >= 0.6 is 0 Å². The van der Waals surface area contributed by atoms with Crippen LogP contribution in [0.5, 0.6) is 0 Å². The Labute approximate surface area is 63.3 Å². The average molecular weight is 219 g/mol. The van der Waals surface area contributed by atoms with Crippen molar-refractivity contribution in [1.29, 1.82) is 0 Å². The average Bonchev–Trinajstić information content (AvgIpc) is 0.811. The summed E-state index contributed by atoms with van der Waals surface area (Å²) in [4.78, 5) is 0. The summed E-state index contributed by atoms with van der Waals surface area (Å²) in [5.74, 6) is 0. The zero-order chi connectivity index (χ0) is 3.58. The summed E-state index contributed by atoms with van der Waals surface area (Å²) in [6, 6.07) is 0. The van der Waals surface area contributed by atoms with Gasteiger partial charge in [0.15, 0.2) is 0 Å². The van der Waals surface area contributed by atoms with Crippen LogP contribution in [0.3, 0.4) is 0 Å². The molecule has 0 unspecified atom stereocenters. The van der Waals surface area contributed by atoms with Gasteiger partial charge in [-0.3, -0.25) is 0 Å². The molecule has 0 saturated heterocycles. The van der Waals surface area contributed by atoms with Crippen molar-refractivity contribution in [1.82, 2.24) is 0 Å². The van der Waals surface area contributed by atoms with E-state index in [9.17, 15) is 0 Å². The molecule has 5 N–H and O–H groups in total. The molecule has 0 saturated carbocycles. The van der Waals surface area contributed by atoms with E-state index in [4.69, 9.17) is 15.1 Å². The van der Waals surface area contributed by atoms with Crippen LogP contribution in [0.25, 0.3) is 0 Å². The second-order valence-corrected chi connectivity index (χ2v) is 0.346. The van der Waals surface area contributed by atoms with Gasteiger partial charge in [0.05, 0.1) is 0 Å². The van der Waals surface area contributed by atoms with Crippen molar-refractivity contribution in [2.24, 2.45) is 0 Å². The maximum atomic E-state index is 7.17. The Morgan fingerprint density at radius 3 is 1.00 bits per heavy atom. The Morgan fingerprint density at radius 2 is 1.00 bits per heavy atom. The van der Waals surface area contributed by atoms with Crippen molar-refractivity contribution in [2.75, 3.05) is 0 Å². The minimum Gasteiger partial charge on any atom is -0.412 e. The summed E-state index contributed by atoms with van der Waals surface area (Å²) in [6.45, 7) is 0. The second-order valence-electron chi connectivity index (χ2n) is 0.346. The van der Waals surface area contributed by atoms with Crippen LogP contribution < -0.4 is 0 Å². The van der Waals surface area contributed by atoms with Gasteiger partial charge < -0.3 is 20.5 Å². The summed E-state index contributed by atoms with van der Waals surface area (Å²) in [5, 5.41) is 21.5. The SMILES string of the molecule is O.OB(O)O.[La]. The quantitative estimate of drug-likeness (QED) is 0.382. The molecule has 35 valence electrons. The van der Waals surface area contributed by atoms with E-state index in [-0.39, 0.29) is 41.1 Å². The van der Waals surface area contributed by atoms with Gasteiger partial charge in [-0.05, 0) is 0 Å². The molecule has 0 aliphatic rings. The van der Waals surface area contributed by atoms with Gasteiger partial charge >= 0.3 is 7.32 Å². The van der Waals surface area contributed by atoms with Gasteiger partial charge in [-0.25, -0.2) is 0 Å². The molecule has 0 fully saturated rings. The van der Waals surface area contributed by atoms with Gasteiger partial charge in [-0.15, -0.1) is 0 Å². The van der Waals surface area contributed by atoms with Crippen molar-refractivity contribution >= 4 is 7.32 Å². The predicted octanol–water partition coefficient (Wildman–Crippen LogP) is -2.88. The van der Waals surface area contributed by atoms with Crippen LogP contribution in [0.4, 0.5) is 0 Å². The zero-order valence-electron chi connectivity index (χ0n) is 3.00. The number of hydrogen-bond acceptors (Lipinski definition) is 3. The Balaban J connectivity index is -0.0000000450. The second kappa shape index (κ2) is 9.44. The van der Waals surface area contributed by atoms with E-state index in [1.807, 2.05) is 0 Å². The third kappa shape index (κ3) is 70.9. The molecule has 0 rings (SSSR count). The van der Waals surface area contributed by atoms with Crippen LogP contribution in [0.1, 0.15) is 0 Å². The number of rotatable bonds is 0. The van der Waals surface area contributed by atoms with Crippen molar-refractivity contribution < 1.29 is 56.1 Å². The van der Waals surface area contributed by atoms with E-state index in [1.54, 1.807) is 0 Å². The Hall–Kier alpha value is 1.10. The van der Waals surface area contributed by atoms with Crippen molar-refractivity contribution in [3.05, 3.63) is 0 Å². The summed E-state index contributed by atoms with van der Waals surface area (Å²) in [6.07, 6.45) is 0. The molecule has 0 amide bonds. The Kier molecular flexibility index (Phi) is 24.7. The van der Waals surface area contributed by atoms with E-state index < -0.39 is 7.32 Å². The van der Waals surface area contributed by atoms with Gasteiger partial charge in [0.2, 0.25) is 0 Å². The van der Waals surface area contributed by atoms with Crippen LogP contribution in [-0.4, -0.2) is 27.9 Å². The first kappa shape index (κ1) is 15.7. The van der Waals surface area contributed by atoms with Crippen LogP contribution in [-0.2, 0) is 0 Å². The first-order valence-corrected chi connectivity index (χ1v) is 0.775. The van der Waals surface area contributed by atoms with Gasteiger partial charge in [0.25, 0.3) is 0 Å². The molecule has 0 spiro atoms. The van der Waals surface area contributed by atoms with Gasteiger partial charge in [0, 0.05) is 35.6 Å². The monoisotopic (exact) mass is 219 g/mol. The summed E-state index contributed by atoms with van der Waals surface area (Å²) in [5.41, 5.74) is 0. The molecule has 0 bridgehead atoms. The molecular weight excluding hydrogens is 214 g/mol. The van der Waals surface area contributed by atoms with E-state index in [0.717, 1.165) is 0 Å². The standard InChI is InChI=1S/BH3O3.La.H2O/c2-1(3)4;;/h2-4H;;1H2. The predicted molar refractivity (Wildman–Crippen MR) is 16.0 cm³/mol. The molecule has 0 aliphatic carbocycles. The molecule has 0 aromatic heterocycles. The van der Waals surface area contributed by atoms with E-state index >= 15 is 0 Å². The normalized spacial score (nSPS) is 4.50. The van der Waals surface area contributed by atoms with Crippen LogP contribution in [0.15, 0.2) is 0 Å². The molecular formula is H5BLaO4. The van der Waals surface area contributed by atoms with Gasteiger partial charge in [0.1, 0.15) is 0 Å². The maximum Gasteiger partial charge on any atom is 0.631 e. The zero-order valence-corrected chi connectivity index (χ0v) is 6.62. The maximum absolute atomic E-state index is 7.17. The third-order valence-electron chi connectivity index (χ3n) is 0. The molecule has 1 radical (unpaired) electrons. The summed E-state index contributed by atoms with van der Waals surface area (Å²) in [7, 11) is -2.17. The molecule has 6 heavy (non-hydrogen) atoms. The van der Waals surface area contributed by atoms with Crippen molar-refractivity contribution in [2.45, 2.75) is 0 Å². The van der Waals surface area contributed by atoms with E-state index in [1.165, 1.54) is 0 Å². The van der Waals surface area contributed by atoms with Crippen molar-refractivity contribution in [3.8, 4) is 0 Å². The molecule has 4 nitrogen and oxygen atoms in total. The van der Waals surface area contributed by atoms with Gasteiger partial charge in [-0.2, -0.15) is 0 Å². The Morgan fingerprint density at radius 1 is 1.00 bits per heavy atom. The minimum atomic E-state index is -2.17. The molecule has 0 heterocycles. The Bertz CT molecular complexity index is 12.3. The first-order chi connectivity index (χ1) is 1.73. The third-order valence-corrected chi connectivity index (χ3v) is 0. The first-order valence-electron chi connectivity index (χ1n) is 0.775. The fourth-order valence-corrected chi connectivity index (χ4v) is 0. The van der Waals surface area contributed by atoms with Crippen LogP contribution in [0, 0.1) is 35.6 Å². The van der Waals surface area contributed by atoms with E-state index in [0.29, 0.717) is 0 Å². The molecule has 0 atom stereocenters. The van der Waals surface area contributed by atoms with E-state index in [2.05, 4.69) is 0 Å². The summed E-state index contributed by atoms with van der Waals surface area (Å²) < 4.78 is 0. The molecule has 0 aliphatic heterocycles. The van der Waals surface area contributed by atoms with Gasteiger partial charge in [-0.1, -0.05) is 0 Å². The molecule has 6 heteroatoms. The summed E-state index contributed by atoms with van der Waals surface area (Å²) >= 11 is 0. The topological polar surface area (TPSA) is 92.2 Å². The smallest absolute Gasteiger partial charge is 0.412 e. The fourth-order valence-electron chi connectivity index (χ4n) is 0.